The topological polar surface area (TPSA) is 58.1 Å². The summed E-state index contributed by atoms with van der Waals surface area (Å²) < 4.78 is 12.9. The Morgan fingerprint density at radius 2 is 2.04 bits per heavy atom. The van der Waals surface area contributed by atoms with Gasteiger partial charge in [0.2, 0.25) is 0 Å². The van der Waals surface area contributed by atoms with Gasteiger partial charge in [0.15, 0.2) is 0 Å². The molecule has 1 atom stereocenters. The van der Waals surface area contributed by atoms with Gasteiger partial charge in [-0.05, 0) is 49.9 Å². The van der Waals surface area contributed by atoms with Gasteiger partial charge < -0.3 is 10.2 Å². The van der Waals surface area contributed by atoms with E-state index in [-0.39, 0.29) is 11.7 Å². The fraction of sp³-hybridized carbons (Fsp3) is 0.389. The van der Waals surface area contributed by atoms with E-state index in [9.17, 15) is 9.18 Å². The zero-order valence-electron chi connectivity index (χ0n) is 13.7. The van der Waals surface area contributed by atoms with Crippen LogP contribution in [0.5, 0.6) is 0 Å². The number of benzene rings is 1. The first-order chi connectivity index (χ1) is 11.7. The largest absolute Gasteiger partial charge is 0.339 e. The van der Waals surface area contributed by atoms with E-state index in [1.165, 1.54) is 30.9 Å². The molecule has 1 aliphatic heterocycles. The monoisotopic (exact) mass is 328 g/mol. The number of carbonyl (C=O) groups is 1. The zero-order valence-corrected chi connectivity index (χ0v) is 13.7. The minimum absolute atomic E-state index is 0.0533. The van der Waals surface area contributed by atoms with Crippen LogP contribution < -0.4 is 5.32 Å². The Hall–Kier alpha value is -2.50. The maximum absolute atomic E-state index is 12.9. The summed E-state index contributed by atoms with van der Waals surface area (Å²) in [5.74, 6) is 0.172. The number of aromatic nitrogens is 2. The number of piperidine rings is 1. The second kappa shape index (κ2) is 7.38. The van der Waals surface area contributed by atoms with Gasteiger partial charge in [-0.1, -0.05) is 6.92 Å². The molecule has 3 rings (SSSR count). The molecule has 0 radical (unpaired) electrons. The summed E-state index contributed by atoms with van der Waals surface area (Å²) in [5, 5.41) is 3.03. The molecule has 1 amide bonds. The van der Waals surface area contributed by atoms with Crippen molar-refractivity contribution in [2.75, 3.05) is 11.9 Å². The maximum Gasteiger partial charge on any atom is 0.274 e. The van der Waals surface area contributed by atoms with Crippen LogP contribution in [0.4, 0.5) is 15.9 Å². The Kier molecular flexibility index (Phi) is 5.03. The van der Waals surface area contributed by atoms with Gasteiger partial charge >= 0.3 is 0 Å². The fourth-order valence-corrected chi connectivity index (χ4v) is 3.02. The number of hydrogen-bond acceptors (Lipinski definition) is 4. The maximum atomic E-state index is 12.9. The number of amides is 1. The molecule has 126 valence electrons. The first kappa shape index (κ1) is 16.4. The molecule has 24 heavy (non-hydrogen) atoms. The van der Waals surface area contributed by atoms with E-state index in [0.717, 1.165) is 25.8 Å². The number of nitrogens with one attached hydrogen (secondary N) is 1. The van der Waals surface area contributed by atoms with Crippen molar-refractivity contribution in [3.63, 3.8) is 0 Å². The second-order valence-electron chi connectivity index (χ2n) is 5.98. The van der Waals surface area contributed by atoms with Crippen molar-refractivity contribution in [1.29, 1.82) is 0 Å². The summed E-state index contributed by atoms with van der Waals surface area (Å²) in [6.07, 6.45) is 7.26. The first-order valence-electron chi connectivity index (χ1n) is 8.33. The summed E-state index contributed by atoms with van der Waals surface area (Å²) >= 11 is 0. The molecule has 1 aliphatic rings. The predicted molar refractivity (Wildman–Crippen MR) is 90.7 cm³/mol. The molecule has 0 saturated carbocycles. The van der Waals surface area contributed by atoms with Gasteiger partial charge in [0.25, 0.3) is 5.91 Å². The molecule has 6 heteroatoms. The SMILES string of the molecule is CCC1CCCCN1C(=O)c1cnc(Nc2ccc(F)cc2)cn1. The minimum Gasteiger partial charge on any atom is -0.339 e. The van der Waals surface area contributed by atoms with Crippen LogP contribution in [0.3, 0.4) is 0 Å². The smallest absolute Gasteiger partial charge is 0.274 e. The summed E-state index contributed by atoms with van der Waals surface area (Å²) in [6, 6.07) is 6.28. The molecule has 1 aromatic carbocycles. The number of nitrogens with zero attached hydrogens (tertiary/aromatic N) is 3. The van der Waals surface area contributed by atoms with E-state index < -0.39 is 0 Å². The molecule has 1 unspecified atom stereocenters. The lowest BCUT2D eigenvalue weighted by Gasteiger charge is -2.34. The summed E-state index contributed by atoms with van der Waals surface area (Å²) in [5.41, 5.74) is 1.08. The molecule has 2 heterocycles. The molecule has 5 nitrogen and oxygen atoms in total. The number of rotatable bonds is 4. The normalized spacial score (nSPS) is 17.6. The Bertz CT molecular complexity index is 687. The molecule has 0 spiro atoms. The van der Waals surface area contributed by atoms with E-state index in [1.807, 2.05) is 4.90 Å². The van der Waals surface area contributed by atoms with E-state index in [4.69, 9.17) is 0 Å². The highest BCUT2D eigenvalue weighted by Crippen LogP contribution is 2.21. The average molecular weight is 328 g/mol. The number of halogens is 1. The van der Waals surface area contributed by atoms with Crippen LogP contribution in [-0.2, 0) is 0 Å². The van der Waals surface area contributed by atoms with Gasteiger partial charge in [-0.3, -0.25) is 4.79 Å². The lowest BCUT2D eigenvalue weighted by Crippen LogP contribution is -2.43. The van der Waals surface area contributed by atoms with E-state index in [2.05, 4.69) is 22.2 Å². The third-order valence-electron chi connectivity index (χ3n) is 4.35. The number of carbonyl (C=O) groups excluding carboxylic acids is 1. The summed E-state index contributed by atoms with van der Waals surface area (Å²) in [6.45, 7) is 2.90. The van der Waals surface area contributed by atoms with Gasteiger partial charge in [-0.2, -0.15) is 0 Å². The average Bonchev–Trinajstić information content (AvgIpc) is 2.63. The van der Waals surface area contributed by atoms with Crippen molar-refractivity contribution < 1.29 is 9.18 Å². The Balaban J connectivity index is 1.69. The van der Waals surface area contributed by atoms with Crippen LogP contribution in [0.15, 0.2) is 36.7 Å². The molecule has 0 bridgehead atoms. The molecule has 2 aromatic rings. The Morgan fingerprint density at radius 3 is 2.71 bits per heavy atom. The third kappa shape index (κ3) is 3.69. The third-order valence-corrected chi connectivity index (χ3v) is 4.35. The molecular weight excluding hydrogens is 307 g/mol. The Labute approximate surface area is 140 Å². The molecule has 1 N–H and O–H groups in total. The fourth-order valence-electron chi connectivity index (χ4n) is 3.02. The van der Waals surface area contributed by atoms with Crippen LogP contribution >= 0.6 is 0 Å². The standard InChI is InChI=1S/C18H21FN4O/c1-2-15-5-3-4-10-23(15)18(24)16-11-21-17(12-20-16)22-14-8-6-13(19)7-9-14/h6-9,11-12,15H,2-5,10H2,1H3,(H,21,22). The van der Waals surface area contributed by atoms with Gasteiger partial charge in [-0.15, -0.1) is 0 Å². The highest BCUT2D eigenvalue weighted by atomic mass is 19.1. The first-order valence-corrected chi connectivity index (χ1v) is 8.33. The molecule has 1 aromatic heterocycles. The van der Waals surface area contributed by atoms with Crippen molar-refractivity contribution in [2.24, 2.45) is 0 Å². The minimum atomic E-state index is -0.292. The van der Waals surface area contributed by atoms with Crippen molar-refractivity contribution in [1.82, 2.24) is 14.9 Å². The van der Waals surface area contributed by atoms with Crippen LogP contribution in [0.1, 0.15) is 43.1 Å². The van der Waals surface area contributed by atoms with Crippen molar-refractivity contribution in [3.05, 3.63) is 48.2 Å². The van der Waals surface area contributed by atoms with Crippen molar-refractivity contribution >= 4 is 17.4 Å². The van der Waals surface area contributed by atoms with Crippen LogP contribution in [-0.4, -0.2) is 33.4 Å². The van der Waals surface area contributed by atoms with Gasteiger partial charge in [0.1, 0.15) is 17.3 Å². The molecule has 1 fully saturated rings. The van der Waals surface area contributed by atoms with Crippen molar-refractivity contribution in [3.8, 4) is 0 Å². The Morgan fingerprint density at radius 1 is 1.25 bits per heavy atom. The summed E-state index contributed by atoms with van der Waals surface area (Å²) in [4.78, 5) is 23.0. The number of anilines is 2. The van der Waals surface area contributed by atoms with Gasteiger partial charge in [0, 0.05) is 18.3 Å². The number of likely N-dealkylation sites (tertiary alicyclic amines) is 1. The number of hydrogen-bond donors (Lipinski definition) is 1. The van der Waals surface area contributed by atoms with Crippen molar-refractivity contribution in [2.45, 2.75) is 38.6 Å². The lowest BCUT2D eigenvalue weighted by molar-refractivity contribution is 0.0601. The van der Waals surface area contributed by atoms with Crippen LogP contribution in [0.25, 0.3) is 0 Å². The zero-order chi connectivity index (χ0) is 16.9. The molecule has 0 aliphatic carbocycles. The van der Waals surface area contributed by atoms with Crippen LogP contribution in [0, 0.1) is 5.82 Å². The van der Waals surface area contributed by atoms with Crippen LogP contribution in [0.2, 0.25) is 0 Å². The summed E-state index contributed by atoms with van der Waals surface area (Å²) in [7, 11) is 0. The lowest BCUT2D eigenvalue weighted by atomic mass is 10.00. The molecule has 1 saturated heterocycles. The predicted octanol–water partition coefficient (Wildman–Crippen LogP) is 3.76. The molecular formula is C18H21FN4O. The van der Waals surface area contributed by atoms with Gasteiger partial charge in [0.05, 0.1) is 12.4 Å². The van der Waals surface area contributed by atoms with E-state index in [0.29, 0.717) is 23.2 Å². The second-order valence-corrected chi connectivity index (χ2v) is 5.98. The quantitative estimate of drug-likeness (QED) is 0.928. The van der Waals surface area contributed by atoms with Gasteiger partial charge in [-0.25, -0.2) is 14.4 Å². The highest BCUT2D eigenvalue weighted by Gasteiger charge is 2.27. The van der Waals surface area contributed by atoms with E-state index >= 15 is 0 Å². The highest BCUT2D eigenvalue weighted by molar-refractivity contribution is 5.92. The van der Waals surface area contributed by atoms with E-state index in [1.54, 1.807) is 12.1 Å².